The lowest BCUT2D eigenvalue weighted by Gasteiger charge is -2.49. The predicted octanol–water partition coefficient (Wildman–Crippen LogP) is 2.48. The second-order valence-electron chi connectivity index (χ2n) is 20.3. The van der Waals surface area contributed by atoms with Crippen molar-refractivity contribution in [2.45, 2.75) is 159 Å². The Bertz CT molecular complexity index is 1510. The number of methoxy groups -OCH3 is 1. The lowest BCUT2D eigenvalue weighted by atomic mass is 9.74. The van der Waals surface area contributed by atoms with Crippen LogP contribution in [0.5, 0.6) is 0 Å². The molecule has 0 bridgehead atoms. The molecule has 15 atom stereocenters. The van der Waals surface area contributed by atoms with Gasteiger partial charge in [-0.15, -0.1) is 0 Å². The highest BCUT2D eigenvalue weighted by Gasteiger charge is 2.52. The van der Waals surface area contributed by atoms with E-state index >= 15 is 0 Å². The molecule has 4 fully saturated rings. The van der Waals surface area contributed by atoms with Gasteiger partial charge in [0.05, 0.1) is 60.6 Å². The van der Waals surface area contributed by atoms with Gasteiger partial charge in [0.25, 0.3) is 0 Å². The van der Waals surface area contributed by atoms with E-state index in [4.69, 9.17) is 23.7 Å². The van der Waals surface area contributed by atoms with Gasteiger partial charge < -0.3 is 59.2 Å². The Labute approximate surface area is 379 Å². The number of carbonyl (C=O) groups is 3. The van der Waals surface area contributed by atoms with E-state index in [-0.39, 0.29) is 50.0 Å². The van der Waals surface area contributed by atoms with Crippen LogP contribution in [0.2, 0.25) is 0 Å². The molecular formula is C45H81F3N6O10. The van der Waals surface area contributed by atoms with Crippen molar-refractivity contribution in [2.75, 3.05) is 87.7 Å². The zero-order chi connectivity index (χ0) is 47.9. The number of amides is 3. The highest BCUT2D eigenvalue weighted by Crippen LogP contribution is 2.41. The third-order valence-corrected chi connectivity index (χ3v) is 14.1. The summed E-state index contributed by atoms with van der Waals surface area (Å²) in [4.78, 5) is 47.7. The largest absolute Gasteiger partial charge is 0.409 e. The lowest BCUT2D eigenvalue weighted by Crippen LogP contribution is -2.61. The molecule has 3 heterocycles. The van der Waals surface area contributed by atoms with Crippen LogP contribution in [-0.2, 0) is 38.1 Å². The molecule has 372 valence electrons. The highest BCUT2D eigenvalue weighted by molar-refractivity contribution is 5.81. The number of hydrogen-bond donors (Lipinski definition) is 4. The van der Waals surface area contributed by atoms with Gasteiger partial charge in [0.15, 0.2) is 6.29 Å². The minimum absolute atomic E-state index is 0.0279. The fourth-order valence-corrected chi connectivity index (χ4v) is 10.3. The first kappa shape index (κ1) is 54.4. The monoisotopic (exact) mass is 923 g/mol. The van der Waals surface area contributed by atoms with E-state index in [2.05, 4.69) is 27.5 Å². The van der Waals surface area contributed by atoms with Crippen LogP contribution in [0.25, 0.3) is 0 Å². The second-order valence-corrected chi connectivity index (χ2v) is 20.3. The van der Waals surface area contributed by atoms with Crippen molar-refractivity contribution in [2.24, 2.45) is 23.7 Å². The fraction of sp³-hybridized carbons (Fsp3) is 0.933. The van der Waals surface area contributed by atoms with E-state index in [0.717, 1.165) is 26.2 Å². The topological polar surface area (TPSA) is 175 Å². The van der Waals surface area contributed by atoms with Crippen LogP contribution >= 0.6 is 0 Å². The molecule has 0 spiro atoms. The Balaban J connectivity index is 1.68. The number of nitrogens with zero attached hydrogens (tertiary/aromatic N) is 4. The molecule has 4 aliphatic rings. The number of hydrogen-bond acceptors (Lipinski definition) is 13. The van der Waals surface area contributed by atoms with Crippen LogP contribution in [0, 0.1) is 23.7 Å². The minimum atomic E-state index is -4.93. The number of alkyl halides is 3. The summed E-state index contributed by atoms with van der Waals surface area (Å²) >= 11 is 0. The third kappa shape index (κ3) is 14.6. The van der Waals surface area contributed by atoms with Gasteiger partial charge in [-0.2, -0.15) is 13.2 Å². The summed E-state index contributed by atoms with van der Waals surface area (Å²) in [6.07, 6.45) is -9.95. The quantitative estimate of drug-likeness (QED) is 0.199. The number of ether oxygens (including phenoxy) is 5. The van der Waals surface area contributed by atoms with Crippen molar-refractivity contribution in [3.05, 3.63) is 0 Å². The molecule has 0 unspecified atom stereocenters. The second kappa shape index (κ2) is 23.2. The average Bonchev–Trinajstić information content (AvgIpc) is 3.20. The van der Waals surface area contributed by atoms with E-state index in [9.17, 15) is 37.8 Å². The van der Waals surface area contributed by atoms with Gasteiger partial charge in [0.2, 0.25) is 17.7 Å². The molecule has 19 heteroatoms. The Morgan fingerprint density at radius 1 is 1.00 bits per heavy atom. The van der Waals surface area contributed by atoms with Crippen LogP contribution in [-0.4, -0.2) is 208 Å². The first-order valence-corrected chi connectivity index (χ1v) is 23.2. The van der Waals surface area contributed by atoms with Gasteiger partial charge in [-0.3, -0.25) is 19.3 Å². The summed E-state index contributed by atoms with van der Waals surface area (Å²) in [6, 6.07) is -2.65. The Hall–Kier alpha value is -2.20. The molecular weight excluding hydrogens is 842 g/mol. The van der Waals surface area contributed by atoms with Crippen molar-refractivity contribution >= 4 is 17.7 Å². The first-order chi connectivity index (χ1) is 29.8. The Kier molecular flexibility index (Phi) is 19.7. The Morgan fingerprint density at radius 3 is 2.27 bits per heavy atom. The number of halogens is 3. The predicted molar refractivity (Wildman–Crippen MR) is 234 cm³/mol. The SMILES string of the molecule is CO[C@]1(C)C[C@H](O[C@H]2[C@H](C)[C@@H](O[C@@H]3O[C@H](C)C[C@H](N(C)C)[C@H]3OCCCNC(=O)CN3CCN(C)CC3)[C@](C)(O)C[C@@H](C)CN(C)C(=O)C[C@@H](C(F)(F)F)NC(=O)[C@@H]2C)C[C@@H](C)[C@@H]1O. The molecule has 0 aromatic heterocycles. The van der Waals surface area contributed by atoms with Crippen molar-refractivity contribution in [3.63, 3.8) is 0 Å². The minimum Gasteiger partial charge on any atom is -0.390 e. The van der Waals surface area contributed by atoms with E-state index in [1.807, 2.05) is 39.8 Å². The summed E-state index contributed by atoms with van der Waals surface area (Å²) in [5.74, 6) is -4.66. The van der Waals surface area contributed by atoms with Gasteiger partial charge >= 0.3 is 6.18 Å². The molecule has 16 nitrogen and oxygen atoms in total. The van der Waals surface area contributed by atoms with E-state index in [1.165, 1.54) is 26.0 Å². The van der Waals surface area contributed by atoms with Crippen LogP contribution in [0.4, 0.5) is 13.2 Å². The summed E-state index contributed by atoms with van der Waals surface area (Å²) in [5.41, 5.74) is -2.69. The number of aliphatic hydroxyl groups excluding tert-OH is 1. The molecule has 1 aliphatic carbocycles. The molecule has 1 saturated carbocycles. The number of piperazine rings is 1. The molecule has 64 heavy (non-hydrogen) atoms. The van der Waals surface area contributed by atoms with Crippen LogP contribution < -0.4 is 10.6 Å². The van der Waals surface area contributed by atoms with Crippen LogP contribution in [0.1, 0.15) is 87.0 Å². The zero-order valence-electron chi connectivity index (χ0n) is 40.5. The lowest BCUT2D eigenvalue weighted by molar-refractivity contribution is -0.308. The van der Waals surface area contributed by atoms with E-state index < -0.39 is 96.2 Å². The number of aliphatic hydroxyl groups is 2. The van der Waals surface area contributed by atoms with Crippen molar-refractivity contribution < 1.29 is 61.5 Å². The molecule has 0 radical (unpaired) electrons. The number of carbonyl (C=O) groups excluding carboxylic acids is 3. The molecule has 3 saturated heterocycles. The number of likely N-dealkylation sites (N-methyl/N-ethyl adjacent to an activating group) is 2. The van der Waals surface area contributed by atoms with Crippen LogP contribution in [0.15, 0.2) is 0 Å². The summed E-state index contributed by atoms with van der Waals surface area (Å²) in [7, 11) is 8.84. The number of nitrogens with one attached hydrogen (secondary N) is 2. The van der Waals surface area contributed by atoms with Crippen LogP contribution in [0.3, 0.4) is 0 Å². The maximum absolute atomic E-state index is 14.5. The van der Waals surface area contributed by atoms with Gasteiger partial charge in [-0.1, -0.05) is 27.7 Å². The van der Waals surface area contributed by atoms with Crippen molar-refractivity contribution in [1.29, 1.82) is 0 Å². The maximum Gasteiger partial charge on any atom is 0.409 e. The van der Waals surface area contributed by atoms with Gasteiger partial charge in [-0.25, -0.2) is 0 Å². The zero-order valence-corrected chi connectivity index (χ0v) is 40.5. The number of rotatable bonds is 13. The van der Waals surface area contributed by atoms with Gasteiger partial charge in [0.1, 0.15) is 12.1 Å². The smallest absolute Gasteiger partial charge is 0.390 e. The maximum atomic E-state index is 14.5. The summed E-state index contributed by atoms with van der Waals surface area (Å²) in [5, 5.41) is 28.9. The molecule has 4 rings (SSSR count). The standard InChI is InChI=1S/C45H81F3N6O10/c1-27-23-43(6,59)40(64-42-38(33(51(8)9)21-29(3)62-42)61-19-13-14-49-35(55)26-54-17-15-52(10)16-18-54)30(4)37(63-32-20-28(2)39(57)44(7,24-32)60-12)31(5)41(58)50-34(45(46,47)48)22-36(56)53(11)25-27/h27-34,37-40,42,57,59H,13-26H2,1-12H3,(H,49,55)(H,50,58)/t27-,28-,29-,30+,31-,32-,33+,34+,37+,38-,39+,40-,42+,43-,44-/m1/s1. The van der Waals surface area contributed by atoms with Crippen molar-refractivity contribution in [1.82, 2.24) is 30.2 Å². The molecule has 0 aromatic rings. The Morgan fingerprint density at radius 2 is 1.66 bits per heavy atom. The first-order valence-electron chi connectivity index (χ1n) is 23.2. The fourth-order valence-electron chi connectivity index (χ4n) is 10.3. The van der Waals surface area contributed by atoms with E-state index in [1.54, 1.807) is 20.8 Å². The summed E-state index contributed by atoms with van der Waals surface area (Å²) in [6.45, 7) is 16.7. The average molecular weight is 923 g/mol. The van der Waals surface area contributed by atoms with E-state index in [0.29, 0.717) is 32.4 Å². The van der Waals surface area contributed by atoms with Gasteiger partial charge in [-0.05, 0) is 79.4 Å². The normalized spacial score (nSPS) is 39.7. The summed E-state index contributed by atoms with van der Waals surface area (Å²) < 4.78 is 76.3. The van der Waals surface area contributed by atoms with Crippen molar-refractivity contribution in [3.8, 4) is 0 Å². The molecule has 4 N–H and O–H groups in total. The third-order valence-electron chi connectivity index (χ3n) is 14.1. The molecule has 3 aliphatic heterocycles. The molecule has 3 amide bonds. The van der Waals surface area contributed by atoms with Gasteiger partial charge in [0, 0.05) is 78.4 Å². The molecule has 0 aromatic carbocycles. The highest BCUT2D eigenvalue weighted by atomic mass is 19.4.